The zero-order valence-corrected chi connectivity index (χ0v) is 16.5. The zero-order valence-electron chi connectivity index (χ0n) is 16.5. The van der Waals surface area contributed by atoms with Gasteiger partial charge in [-0.2, -0.15) is 0 Å². The van der Waals surface area contributed by atoms with Crippen LogP contribution in [0.5, 0.6) is 5.75 Å². The Balaban J connectivity index is 1.39. The van der Waals surface area contributed by atoms with Crippen molar-refractivity contribution in [3.63, 3.8) is 0 Å². The maximum absolute atomic E-state index is 12.4. The van der Waals surface area contributed by atoms with E-state index in [4.69, 9.17) is 4.74 Å². The Hall–Kier alpha value is -3.41. The van der Waals surface area contributed by atoms with Crippen LogP contribution in [0.15, 0.2) is 60.7 Å². The molecule has 1 aliphatic heterocycles. The molecule has 3 aromatic rings. The third-order valence-electron chi connectivity index (χ3n) is 5.14. The number of anilines is 2. The lowest BCUT2D eigenvalue weighted by molar-refractivity contribution is 0.0948. The third kappa shape index (κ3) is 4.21. The molecule has 1 aliphatic rings. The van der Waals surface area contributed by atoms with Crippen molar-refractivity contribution in [1.29, 1.82) is 0 Å². The van der Waals surface area contributed by atoms with Crippen LogP contribution in [0.25, 0.3) is 0 Å². The van der Waals surface area contributed by atoms with Crippen molar-refractivity contribution in [2.24, 2.45) is 0 Å². The van der Waals surface area contributed by atoms with Crippen LogP contribution >= 0.6 is 0 Å². The topological polar surface area (TPSA) is 67.3 Å². The van der Waals surface area contributed by atoms with Gasteiger partial charge in [-0.3, -0.25) is 4.79 Å². The molecule has 0 atom stereocenters. The maximum atomic E-state index is 12.4. The molecule has 2 heterocycles. The van der Waals surface area contributed by atoms with Crippen molar-refractivity contribution < 1.29 is 9.53 Å². The molecule has 0 saturated heterocycles. The van der Waals surface area contributed by atoms with Crippen LogP contribution in [0.2, 0.25) is 0 Å². The second-order valence-corrected chi connectivity index (χ2v) is 6.98. The van der Waals surface area contributed by atoms with Crippen molar-refractivity contribution >= 4 is 17.4 Å². The maximum Gasteiger partial charge on any atom is 0.271 e. The molecule has 1 amide bonds. The van der Waals surface area contributed by atoms with Crippen LogP contribution < -0.4 is 15.0 Å². The number of methoxy groups -OCH3 is 1. The lowest BCUT2D eigenvalue weighted by atomic mass is 10.0. The van der Waals surface area contributed by atoms with E-state index in [1.54, 1.807) is 13.2 Å². The van der Waals surface area contributed by atoms with E-state index < -0.39 is 0 Å². The standard InChI is InChI=1S/C23H24N4O2/c1-29-21-11-5-3-8-18(21)14-15-24-23(28)19-12-13-22(26-25-19)27-16-6-9-17-7-2-4-10-20(17)27/h2-5,7-8,10-13H,6,9,14-16H2,1H3,(H,24,28). The second kappa shape index (κ2) is 8.73. The molecule has 0 bridgehead atoms. The largest absolute Gasteiger partial charge is 0.496 e. The molecule has 2 aromatic carbocycles. The highest BCUT2D eigenvalue weighted by Gasteiger charge is 2.19. The van der Waals surface area contributed by atoms with E-state index in [1.165, 1.54) is 11.3 Å². The molecule has 0 spiro atoms. The van der Waals surface area contributed by atoms with Crippen LogP contribution in [0.3, 0.4) is 0 Å². The summed E-state index contributed by atoms with van der Waals surface area (Å²) in [5.41, 5.74) is 3.86. The summed E-state index contributed by atoms with van der Waals surface area (Å²) in [5, 5.41) is 11.4. The predicted molar refractivity (Wildman–Crippen MR) is 113 cm³/mol. The van der Waals surface area contributed by atoms with E-state index in [1.807, 2.05) is 36.4 Å². The van der Waals surface area contributed by atoms with Crippen molar-refractivity contribution in [2.75, 3.05) is 25.1 Å². The summed E-state index contributed by atoms with van der Waals surface area (Å²) in [7, 11) is 1.65. The molecule has 0 unspecified atom stereocenters. The van der Waals surface area contributed by atoms with Crippen LogP contribution in [0, 0.1) is 0 Å². The Labute approximate surface area is 170 Å². The lowest BCUT2D eigenvalue weighted by Crippen LogP contribution is -2.28. The van der Waals surface area contributed by atoms with Crippen LogP contribution in [0.1, 0.15) is 28.0 Å². The van der Waals surface area contributed by atoms with Gasteiger partial charge in [-0.25, -0.2) is 0 Å². The van der Waals surface area contributed by atoms with Gasteiger partial charge in [-0.15, -0.1) is 10.2 Å². The monoisotopic (exact) mass is 388 g/mol. The van der Waals surface area contributed by atoms with Gasteiger partial charge in [0.05, 0.1) is 7.11 Å². The molecule has 1 aromatic heterocycles. The molecule has 0 saturated carbocycles. The van der Waals surface area contributed by atoms with Crippen LogP contribution in [-0.4, -0.2) is 36.3 Å². The third-order valence-corrected chi connectivity index (χ3v) is 5.14. The summed E-state index contributed by atoms with van der Waals surface area (Å²) in [6, 6.07) is 19.8. The van der Waals surface area contributed by atoms with Gasteiger partial charge in [-0.1, -0.05) is 36.4 Å². The summed E-state index contributed by atoms with van der Waals surface area (Å²) in [5.74, 6) is 1.37. The first kappa shape index (κ1) is 18.9. The second-order valence-electron chi connectivity index (χ2n) is 6.98. The number of nitrogens with zero attached hydrogens (tertiary/aromatic N) is 3. The van der Waals surface area contributed by atoms with E-state index in [2.05, 4.69) is 38.6 Å². The number of aryl methyl sites for hydroxylation is 1. The Morgan fingerprint density at radius 2 is 1.90 bits per heavy atom. The van der Waals surface area contributed by atoms with Crippen molar-refractivity contribution in [3.8, 4) is 5.75 Å². The molecule has 6 heteroatoms. The predicted octanol–water partition coefficient (Wildman–Crippen LogP) is 3.54. The molecule has 0 fully saturated rings. The molecule has 148 valence electrons. The number of hydrogen-bond acceptors (Lipinski definition) is 5. The summed E-state index contributed by atoms with van der Waals surface area (Å²) >= 11 is 0. The number of nitrogens with one attached hydrogen (secondary N) is 1. The SMILES string of the molecule is COc1ccccc1CCNC(=O)c1ccc(N2CCCc3ccccc32)nn1. The summed E-state index contributed by atoms with van der Waals surface area (Å²) in [6.45, 7) is 1.40. The van der Waals surface area contributed by atoms with E-state index in [0.29, 0.717) is 18.7 Å². The quantitative estimate of drug-likeness (QED) is 0.700. The Kier molecular flexibility index (Phi) is 5.70. The number of para-hydroxylation sites is 2. The van der Waals surface area contributed by atoms with Gasteiger partial charge < -0.3 is 15.0 Å². The average Bonchev–Trinajstić information content (AvgIpc) is 2.79. The fraction of sp³-hybridized carbons (Fsp3) is 0.261. The number of hydrogen-bond donors (Lipinski definition) is 1. The summed E-state index contributed by atoms with van der Waals surface area (Å²) in [4.78, 5) is 14.6. The minimum Gasteiger partial charge on any atom is -0.496 e. The molecule has 1 N–H and O–H groups in total. The summed E-state index contributed by atoms with van der Waals surface area (Å²) in [6.07, 6.45) is 2.84. The molecule has 0 aliphatic carbocycles. The highest BCUT2D eigenvalue weighted by Crippen LogP contribution is 2.31. The van der Waals surface area contributed by atoms with Crippen LogP contribution in [0.4, 0.5) is 11.5 Å². The number of carbonyl (C=O) groups is 1. The Morgan fingerprint density at radius 3 is 2.72 bits per heavy atom. The smallest absolute Gasteiger partial charge is 0.271 e. The highest BCUT2D eigenvalue weighted by atomic mass is 16.5. The van der Waals surface area contributed by atoms with Crippen molar-refractivity contribution in [3.05, 3.63) is 77.5 Å². The van der Waals surface area contributed by atoms with E-state index in [9.17, 15) is 4.79 Å². The van der Waals surface area contributed by atoms with E-state index >= 15 is 0 Å². The number of fused-ring (bicyclic) bond motifs is 1. The number of benzene rings is 2. The van der Waals surface area contributed by atoms with Crippen molar-refractivity contribution in [1.82, 2.24) is 15.5 Å². The zero-order chi connectivity index (χ0) is 20.1. The Bertz CT molecular complexity index is 988. The van der Waals surface area contributed by atoms with Gasteiger partial charge in [0.15, 0.2) is 11.5 Å². The highest BCUT2D eigenvalue weighted by molar-refractivity contribution is 5.92. The summed E-state index contributed by atoms with van der Waals surface area (Å²) < 4.78 is 5.34. The van der Waals surface area contributed by atoms with Gasteiger partial charge in [0.2, 0.25) is 0 Å². The first-order valence-corrected chi connectivity index (χ1v) is 9.85. The molecule has 4 rings (SSSR count). The minimum absolute atomic E-state index is 0.224. The molecule has 29 heavy (non-hydrogen) atoms. The van der Waals surface area contributed by atoms with Crippen LogP contribution in [-0.2, 0) is 12.8 Å². The van der Waals surface area contributed by atoms with E-state index in [-0.39, 0.29) is 5.91 Å². The van der Waals surface area contributed by atoms with E-state index in [0.717, 1.165) is 36.5 Å². The molecular weight excluding hydrogens is 364 g/mol. The first-order chi connectivity index (χ1) is 14.3. The van der Waals surface area contributed by atoms with Gasteiger partial charge in [-0.05, 0) is 54.7 Å². The average molecular weight is 388 g/mol. The number of amides is 1. The number of aromatic nitrogens is 2. The number of rotatable bonds is 6. The molecular formula is C23H24N4O2. The first-order valence-electron chi connectivity index (χ1n) is 9.85. The van der Waals surface area contributed by atoms with Gasteiger partial charge in [0.25, 0.3) is 5.91 Å². The molecule has 0 radical (unpaired) electrons. The minimum atomic E-state index is -0.224. The van der Waals surface area contributed by atoms with Gasteiger partial charge in [0.1, 0.15) is 5.75 Å². The number of carbonyl (C=O) groups excluding carboxylic acids is 1. The Morgan fingerprint density at radius 1 is 1.07 bits per heavy atom. The normalized spacial score (nSPS) is 12.9. The molecule has 6 nitrogen and oxygen atoms in total. The van der Waals surface area contributed by atoms with Gasteiger partial charge in [0, 0.05) is 18.8 Å². The van der Waals surface area contributed by atoms with Crippen molar-refractivity contribution in [2.45, 2.75) is 19.3 Å². The number of ether oxygens (including phenoxy) is 1. The lowest BCUT2D eigenvalue weighted by Gasteiger charge is -2.29. The van der Waals surface area contributed by atoms with Gasteiger partial charge >= 0.3 is 0 Å². The fourth-order valence-electron chi connectivity index (χ4n) is 3.67. The fourth-order valence-corrected chi connectivity index (χ4v) is 3.67.